The number of aromatic nitrogens is 1. The maximum absolute atomic E-state index is 13.3. The number of hydrogen-bond donors (Lipinski definition) is 0. The van der Waals surface area contributed by atoms with Gasteiger partial charge in [0.15, 0.2) is 0 Å². The van der Waals surface area contributed by atoms with Gasteiger partial charge in [-0.25, -0.2) is 0 Å². The molecule has 4 nitrogen and oxygen atoms in total. The van der Waals surface area contributed by atoms with E-state index in [0.29, 0.717) is 22.4 Å². The fourth-order valence-electron chi connectivity index (χ4n) is 3.26. The van der Waals surface area contributed by atoms with Crippen molar-refractivity contribution >= 4 is 34.0 Å². The van der Waals surface area contributed by atoms with Gasteiger partial charge in [-0.05, 0) is 37.3 Å². The molecule has 0 amide bonds. The molecule has 3 aromatic carbocycles. The summed E-state index contributed by atoms with van der Waals surface area (Å²) >= 11 is 0. The molecular weight excluding hydrogens is 326 g/mol. The molecule has 1 aromatic heterocycles. The zero-order valence-electron chi connectivity index (χ0n) is 14.5. The maximum Gasteiger partial charge on any atom is 0.262 e. The van der Waals surface area contributed by atoms with Crippen LogP contribution in [0.15, 0.2) is 60.7 Å². The van der Waals surface area contributed by atoms with Crippen LogP contribution >= 0.6 is 0 Å². The van der Waals surface area contributed by atoms with E-state index in [-0.39, 0.29) is 5.91 Å². The number of nitrogens with zero attached hydrogens (tertiary/aromatic N) is 1. The Hall–Kier alpha value is -3.40. The Morgan fingerprint density at radius 3 is 2.23 bits per heavy atom. The highest BCUT2D eigenvalue weighted by Crippen LogP contribution is 2.32. The number of aryl methyl sites for hydroxylation is 1. The zero-order valence-corrected chi connectivity index (χ0v) is 14.5. The second-order valence-electron chi connectivity index (χ2n) is 6.28. The molecule has 26 heavy (non-hydrogen) atoms. The van der Waals surface area contributed by atoms with Crippen molar-refractivity contribution in [2.45, 2.75) is 6.92 Å². The minimum Gasteiger partial charge on any atom is -0.497 e. The van der Waals surface area contributed by atoms with Gasteiger partial charge in [0.2, 0.25) is 0 Å². The fraction of sp³-hybridized carbons (Fsp3) is 0.0909. The Labute approximate surface area is 150 Å². The van der Waals surface area contributed by atoms with Crippen LogP contribution in [-0.2, 0) is 0 Å². The van der Waals surface area contributed by atoms with E-state index in [1.807, 2.05) is 55.5 Å². The zero-order chi connectivity index (χ0) is 18.3. The minimum atomic E-state index is -0.138. The molecule has 4 aromatic rings. The summed E-state index contributed by atoms with van der Waals surface area (Å²) in [6.07, 6.45) is 0.790. The molecule has 0 spiro atoms. The fourth-order valence-corrected chi connectivity index (χ4v) is 3.26. The summed E-state index contributed by atoms with van der Waals surface area (Å²) < 4.78 is 7.00. The number of ether oxygens (including phenoxy) is 1. The second-order valence-corrected chi connectivity index (χ2v) is 6.28. The maximum atomic E-state index is 13.3. The number of carbonyl (C=O) groups excluding carboxylic acids is 2. The van der Waals surface area contributed by atoms with E-state index >= 15 is 0 Å². The van der Waals surface area contributed by atoms with E-state index in [9.17, 15) is 9.59 Å². The molecule has 0 fully saturated rings. The summed E-state index contributed by atoms with van der Waals surface area (Å²) in [7, 11) is 1.60. The highest BCUT2D eigenvalue weighted by atomic mass is 16.5. The normalized spacial score (nSPS) is 11.0. The first kappa shape index (κ1) is 16.1. The van der Waals surface area contributed by atoms with Crippen molar-refractivity contribution < 1.29 is 14.3 Å². The first-order chi connectivity index (χ1) is 12.6. The van der Waals surface area contributed by atoms with Gasteiger partial charge in [-0.15, -0.1) is 0 Å². The first-order valence-corrected chi connectivity index (χ1v) is 8.31. The predicted octanol–water partition coefficient (Wildman–Crippen LogP) is 4.61. The Balaban J connectivity index is 2.07. The topological polar surface area (TPSA) is 48.3 Å². The number of carbonyl (C=O) groups is 2. The van der Waals surface area contributed by atoms with Crippen LogP contribution in [0.4, 0.5) is 0 Å². The van der Waals surface area contributed by atoms with Gasteiger partial charge >= 0.3 is 0 Å². The lowest BCUT2D eigenvalue weighted by Crippen LogP contribution is -2.11. The third-order valence-electron chi connectivity index (χ3n) is 4.64. The number of hydrogen-bond acceptors (Lipinski definition) is 3. The van der Waals surface area contributed by atoms with E-state index in [2.05, 4.69) is 0 Å². The molecule has 0 N–H and O–H groups in total. The lowest BCUT2D eigenvalue weighted by molar-refractivity contribution is 0.0969. The van der Waals surface area contributed by atoms with Crippen LogP contribution in [0.1, 0.15) is 26.3 Å². The number of aldehydes is 1. The van der Waals surface area contributed by atoms with Crippen molar-refractivity contribution in [3.8, 4) is 5.75 Å². The average molecular weight is 343 g/mol. The summed E-state index contributed by atoms with van der Waals surface area (Å²) in [4.78, 5) is 24.5. The van der Waals surface area contributed by atoms with Crippen molar-refractivity contribution in [2.24, 2.45) is 0 Å². The van der Waals surface area contributed by atoms with Crippen LogP contribution in [-0.4, -0.2) is 23.9 Å². The lowest BCUT2D eigenvalue weighted by atomic mass is 10.1. The van der Waals surface area contributed by atoms with Gasteiger partial charge in [-0.3, -0.25) is 14.2 Å². The molecule has 0 aliphatic heterocycles. The molecular formula is C22H17NO3. The first-order valence-electron chi connectivity index (χ1n) is 8.31. The smallest absolute Gasteiger partial charge is 0.262 e. The molecule has 0 aliphatic carbocycles. The summed E-state index contributed by atoms with van der Waals surface area (Å²) in [5, 5.41) is 1.87. The summed E-state index contributed by atoms with van der Waals surface area (Å²) in [6.45, 7) is 1.98. The molecule has 128 valence electrons. The monoisotopic (exact) mass is 343 g/mol. The van der Waals surface area contributed by atoms with Gasteiger partial charge in [-0.1, -0.05) is 29.8 Å². The van der Waals surface area contributed by atoms with Crippen LogP contribution < -0.4 is 4.74 Å². The summed E-state index contributed by atoms with van der Waals surface area (Å²) in [5.41, 5.74) is 3.68. The number of rotatable bonds is 3. The molecule has 0 bridgehead atoms. The van der Waals surface area contributed by atoms with E-state index in [1.165, 1.54) is 0 Å². The third-order valence-corrected chi connectivity index (χ3v) is 4.64. The van der Waals surface area contributed by atoms with Gasteiger partial charge in [0.25, 0.3) is 5.91 Å². The van der Waals surface area contributed by atoms with Crippen LogP contribution in [0.25, 0.3) is 21.8 Å². The van der Waals surface area contributed by atoms with E-state index in [0.717, 1.165) is 28.1 Å². The van der Waals surface area contributed by atoms with Crippen molar-refractivity contribution in [2.75, 3.05) is 7.11 Å². The Morgan fingerprint density at radius 1 is 0.923 bits per heavy atom. The van der Waals surface area contributed by atoms with Crippen LogP contribution in [0.2, 0.25) is 0 Å². The molecule has 0 unspecified atom stereocenters. The number of fused-ring (bicyclic) bond motifs is 3. The Morgan fingerprint density at radius 2 is 1.58 bits per heavy atom. The van der Waals surface area contributed by atoms with Crippen molar-refractivity contribution in [1.82, 2.24) is 4.57 Å². The molecule has 0 saturated carbocycles. The van der Waals surface area contributed by atoms with Gasteiger partial charge < -0.3 is 4.74 Å². The Bertz CT molecular complexity index is 1150. The van der Waals surface area contributed by atoms with Gasteiger partial charge in [0, 0.05) is 28.0 Å². The lowest BCUT2D eigenvalue weighted by Gasteiger charge is -2.08. The highest BCUT2D eigenvalue weighted by molar-refractivity contribution is 6.17. The molecule has 0 radical (unpaired) electrons. The van der Waals surface area contributed by atoms with Crippen molar-refractivity contribution in [3.63, 3.8) is 0 Å². The summed E-state index contributed by atoms with van der Waals surface area (Å²) in [5.74, 6) is 0.537. The molecule has 4 rings (SSSR count). The predicted molar refractivity (Wildman–Crippen MR) is 102 cm³/mol. The van der Waals surface area contributed by atoms with Gasteiger partial charge in [0.1, 0.15) is 12.0 Å². The van der Waals surface area contributed by atoms with Gasteiger partial charge in [0.05, 0.1) is 18.1 Å². The van der Waals surface area contributed by atoms with E-state index in [4.69, 9.17) is 4.74 Å². The molecule has 1 heterocycles. The van der Waals surface area contributed by atoms with Crippen molar-refractivity contribution in [1.29, 1.82) is 0 Å². The standard InChI is InChI=1S/C22H17NO3/c1-14-3-6-16(7-4-14)22(25)23-20-11-15(13-24)5-9-18(20)19-10-8-17(26-2)12-21(19)23/h3-13H,1-2H3. The largest absolute Gasteiger partial charge is 0.497 e. The van der Waals surface area contributed by atoms with Crippen molar-refractivity contribution in [3.05, 3.63) is 77.4 Å². The molecule has 0 atom stereocenters. The third kappa shape index (κ3) is 2.47. The van der Waals surface area contributed by atoms with Crippen LogP contribution in [0.5, 0.6) is 5.75 Å². The molecule has 4 heteroatoms. The minimum absolute atomic E-state index is 0.138. The van der Waals surface area contributed by atoms with E-state index < -0.39 is 0 Å². The molecule has 0 aliphatic rings. The average Bonchev–Trinajstić information content (AvgIpc) is 3.00. The number of methoxy groups -OCH3 is 1. The molecule has 0 saturated heterocycles. The van der Waals surface area contributed by atoms with Crippen LogP contribution in [0.3, 0.4) is 0 Å². The van der Waals surface area contributed by atoms with Crippen LogP contribution in [0, 0.1) is 6.92 Å². The number of benzene rings is 3. The Kier molecular flexibility index (Phi) is 3.81. The van der Waals surface area contributed by atoms with E-state index in [1.54, 1.807) is 23.8 Å². The summed E-state index contributed by atoms with van der Waals surface area (Å²) in [6, 6.07) is 18.5. The SMILES string of the molecule is COc1ccc2c3ccc(C=O)cc3n(C(=O)c3ccc(C)cc3)c2c1. The highest BCUT2D eigenvalue weighted by Gasteiger charge is 2.18. The van der Waals surface area contributed by atoms with Gasteiger partial charge in [-0.2, -0.15) is 0 Å². The second kappa shape index (κ2) is 6.15. The quantitative estimate of drug-likeness (QED) is 0.510.